The number of carbonyl (C=O) groups excluding carboxylic acids is 1. The van der Waals surface area contributed by atoms with Gasteiger partial charge < -0.3 is 19.7 Å². The summed E-state index contributed by atoms with van der Waals surface area (Å²) in [7, 11) is 0. The first-order valence-corrected chi connectivity index (χ1v) is 10.9. The number of aromatic nitrogens is 3. The molecule has 0 saturated carbocycles. The van der Waals surface area contributed by atoms with Gasteiger partial charge in [-0.15, -0.1) is 10.2 Å². The van der Waals surface area contributed by atoms with Gasteiger partial charge in [0.15, 0.2) is 17.1 Å². The SMILES string of the molecule is CC(C)Cn1c(SCC(=O)Nc2ccccc2O)nnc1C(C)Oc1ccc(F)cc1. The molecule has 0 aliphatic carbocycles. The number of benzene rings is 2. The second-order valence-electron chi connectivity index (χ2n) is 7.41. The summed E-state index contributed by atoms with van der Waals surface area (Å²) < 4.78 is 21.0. The molecule has 0 radical (unpaired) electrons. The number of thioether (sulfide) groups is 1. The molecule has 1 heterocycles. The molecular formula is C22H25FN4O3S. The van der Waals surface area contributed by atoms with Gasteiger partial charge in [0.05, 0.1) is 11.4 Å². The van der Waals surface area contributed by atoms with Gasteiger partial charge in [-0.25, -0.2) is 4.39 Å². The first kappa shape index (κ1) is 22.6. The number of nitrogens with zero attached hydrogens (tertiary/aromatic N) is 3. The van der Waals surface area contributed by atoms with Gasteiger partial charge in [-0.05, 0) is 49.2 Å². The summed E-state index contributed by atoms with van der Waals surface area (Å²) in [6, 6.07) is 12.4. The third kappa shape index (κ3) is 6.21. The van der Waals surface area contributed by atoms with E-state index in [9.17, 15) is 14.3 Å². The van der Waals surface area contributed by atoms with Crippen LogP contribution in [0.2, 0.25) is 0 Å². The molecule has 3 rings (SSSR count). The molecule has 0 fully saturated rings. The summed E-state index contributed by atoms with van der Waals surface area (Å²) >= 11 is 1.26. The minimum atomic E-state index is -0.416. The number of anilines is 1. The highest BCUT2D eigenvalue weighted by Crippen LogP contribution is 2.26. The molecule has 2 aromatic carbocycles. The van der Waals surface area contributed by atoms with Crippen molar-refractivity contribution < 1.29 is 19.0 Å². The van der Waals surface area contributed by atoms with Crippen LogP contribution in [-0.2, 0) is 11.3 Å². The third-order valence-electron chi connectivity index (χ3n) is 4.29. The highest BCUT2D eigenvalue weighted by Gasteiger charge is 2.21. The standard InChI is InChI=1S/C22H25FN4O3S/c1-14(2)12-27-21(15(3)30-17-10-8-16(23)9-11-17)25-26-22(27)31-13-20(29)24-18-6-4-5-7-19(18)28/h4-11,14-15,28H,12-13H2,1-3H3,(H,24,29). The average molecular weight is 445 g/mol. The van der Waals surface area contributed by atoms with Crippen molar-refractivity contribution in [2.45, 2.75) is 38.6 Å². The molecule has 1 atom stereocenters. The number of para-hydroxylation sites is 2. The number of ether oxygens (including phenoxy) is 1. The van der Waals surface area contributed by atoms with Crippen LogP contribution in [-0.4, -0.2) is 31.5 Å². The monoisotopic (exact) mass is 444 g/mol. The molecule has 0 bridgehead atoms. The largest absolute Gasteiger partial charge is 0.506 e. The Morgan fingerprint density at radius 2 is 1.87 bits per heavy atom. The molecule has 1 aromatic heterocycles. The zero-order valence-electron chi connectivity index (χ0n) is 17.6. The smallest absolute Gasteiger partial charge is 0.234 e. The number of rotatable bonds is 9. The number of hydrogen-bond donors (Lipinski definition) is 2. The van der Waals surface area contributed by atoms with Gasteiger partial charge in [-0.2, -0.15) is 0 Å². The van der Waals surface area contributed by atoms with Crippen LogP contribution >= 0.6 is 11.8 Å². The normalized spacial score (nSPS) is 12.0. The fraction of sp³-hybridized carbons (Fsp3) is 0.318. The quantitative estimate of drug-likeness (QED) is 0.369. The molecular weight excluding hydrogens is 419 g/mol. The molecule has 0 aliphatic heterocycles. The van der Waals surface area contributed by atoms with Gasteiger partial charge in [0, 0.05) is 6.54 Å². The van der Waals surface area contributed by atoms with E-state index in [0.717, 1.165) is 0 Å². The zero-order valence-corrected chi connectivity index (χ0v) is 18.4. The van der Waals surface area contributed by atoms with Crippen molar-refractivity contribution in [1.82, 2.24) is 14.8 Å². The minimum absolute atomic E-state index is 0.0119. The predicted octanol–water partition coefficient (Wildman–Crippen LogP) is 4.65. The summed E-state index contributed by atoms with van der Waals surface area (Å²) in [5.74, 6) is 1.01. The van der Waals surface area contributed by atoms with E-state index < -0.39 is 6.10 Å². The molecule has 1 unspecified atom stereocenters. The Morgan fingerprint density at radius 3 is 2.55 bits per heavy atom. The van der Waals surface area contributed by atoms with Crippen molar-refractivity contribution in [3.63, 3.8) is 0 Å². The number of hydrogen-bond acceptors (Lipinski definition) is 6. The maximum absolute atomic E-state index is 13.1. The van der Waals surface area contributed by atoms with Gasteiger partial charge >= 0.3 is 0 Å². The minimum Gasteiger partial charge on any atom is -0.506 e. The van der Waals surface area contributed by atoms with Crippen molar-refractivity contribution in [3.8, 4) is 11.5 Å². The molecule has 31 heavy (non-hydrogen) atoms. The van der Waals surface area contributed by atoms with Gasteiger partial charge in [-0.3, -0.25) is 4.79 Å². The van der Waals surface area contributed by atoms with E-state index in [4.69, 9.17) is 4.74 Å². The molecule has 7 nitrogen and oxygen atoms in total. The first-order valence-electron chi connectivity index (χ1n) is 9.89. The van der Waals surface area contributed by atoms with Crippen LogP contribution in [0.15, 0.2) is 53.7 Å². The highest BCUT2D eigenvalue weighted by molar-refractivity contribution is 7.99. The Kier molecular flexibility index (Phi) is 7.51. The number of phenolic OH excluding ortho intramolecular Hbond substituents is 1. The lowest BCUT2D eigenvalue weighted by Crippen LogP contribution is -2.17. The lowest BCUT2D eigenvalue weighted by atomic mass is 10.2. The number of halogens is 1. The van der Waals surface area contributed by atoms with Crippen LogP contribution in [0.4, 0.5) is 10.1 Å². The van der Waals surface area contributed by atoms with Gasteiger partial charge in [-0.1, -0.05) is 37.7 Å². The molecule has 0 aliphatic rings. The summed E-state index contributed by atoms with van der Waals surface area (Å²) in [5, 5.41) is 21.6. The van der Waals surface area contributed by atoms with Crippen molar-refractivity contribution in [2.75, 3.05) is 11.1 Å². The Balaban J connectivity index is 1.70. The molecule has 0 saturated heterocycles. The van der Waals surface area contributed by atoms with Crippen LogP contribution in [0.3, 0.4) is 0 Å². The van der Waals surface area contributed by atoms with Crippen LogP contribution in [0.5, 0.6) is 11.5 Å². The second-order valence-corrected chi connectivity index (χ2v) is 8.36. The van der Waals surface area contributed by atoms with Crippen molar-refractivity contribution >= 4 is 23.4 Å². The number of aromatic hydroxyl groups is 1. The highest BCUT2D eigenvalue weighted by atomic mass is 32.2. The Hall–Kier alpha value is -3.07. The lowest BCUT2D eigenvalue weighted by molar-refractivity contribution is -0.113. The van der Waals surface area contributed by atoms with Gasteiger partial charge in [0.2, 0.25) is 5.91 Å². The van der Waals surface area contributed by atoms with Crippen LogP contribution in [0.1, 0.15) is 32.7 Å². The second kappa shape index (κ2) is 10.3. The van der Waals surface area contributed by atoms with Gasteiger partial charge in [0.1, 0.15) is 17.3 Å². The fourth-order valence-electron chi connectivity index (χ4n) is 2.91. The fourth-order valence-corrected chi connectivity index (χ4v) is 3.66. The number of nitrogens with one attached hydrogen (secondary N) is 1. The summed E-state index contributed by atoms with van der Waals surface area (Å²) in [6.45, 7) is 6.66. The summed E-state index contributed by atoms with van der Waals surface area (Å²) in [4.78, 5) is 12.3. The van der Waals surface area contributed by atoms with E-state index in [2.05, 4.69) is 29.4 Å². The van der Waals surface area contributed by atoms with Crippen LogP contribution in [0, 0.1) is 11.7 Å². The lowest BCUT2D eigenvalue weighted by Gasteiger charge is -2.17. The van der Waals surface area contributed by atoms with E-state index in [0.29, 0.717) is 34.9 Å². The molecule has 9 heteroatoms. The Bertz CT molecular complexity index is 1020. The first-order chi connectivity index (χ1) is 14.8. The van der Waals surface area contributed by atoms with Gasteiger partial charge in [0.25, 0.3) is 0 Å². The number of phenols is 1. The van der Waals surface area contributed by atoms with E-state index in [1.54, 1.807) is 30.3 Å². The maximum Gasteiger partial charge on any atom is 0.234 e. The van der Waals surface area contributed by atoms with Crippen molar-refractivity contribution in [2.24, 2.45) is 5.92 Å². The maximum atomic E-state index is 13.1. The summed E-state index contributed by atoms with van der Waals surface area (Å²) in [6.07, 6.45) is -0.416. The van der Waals surface area contributed by atoms with E-state index in [1.165, 1.54) is 30.0 Å². The number of amides is 1. The van der Waals surface area contributed by atoms with Crippen molar-refractivity contribution in [3.05, 3.63) is 60.2 Å². The molecule has 0 spiro atoms. The third-order valence-corrected chi connectivity index (χ3v) is 5.26. The molecule has 3 aromatic rings. The Labute approximate surface area is 184 Å². The topological polar surface area (TPSA) is 89.3 Å². The number of carbonyl (C=O) groups is 1. The van der Waals surface area contributed by atoms with Crippen molar-refractivity contribution in [1.29, 1.82) is 0 Å². The van der Waals surface area contributed by atoms with Crippen LogP contribution < -0.4 is 10.1 Å². The molecule has 2 N–H and O–H groups in total. The van der Waals surface area contributed by atoms with E-state index in [-0.39, 0.29) is 23.2 Å². The summed E-state index contributed by atoms with van der Waals surface area (Å²) in [5.41, 5.74) is 0.360. The van der Waals surface area contributed by atoms with E-state index in [1.807, 2.05) is 11.5 Å². The predicted molar refractivity (Wildman–Crippen MR) is 118 cm³/mol. The molecule has 164 valence electrons. The molecule has 1 amide bonds. The average Bonchev–Trinajstić information content (AvgIpc) is 3.12. The Morgan fingerprint density at radius 1 is 1.16 bits per heavy atom. The van der Waals surface area contributed by atoms with E-state index >= 15 is 0 Å². The van der Waals surface area contributed by atoms with Crippen LogP contribution in [0.25, 0.3) is 0 Å². The zero-order chi connectivity index (χ0) is 22.4.